The number of hydrogen-bond acceptors (Lipinski definition) is 3. The highest BCUT2D eigenvalue weighted by Gasteiger charge is 2.25. The molecule has 2 aliphatic rings. The first-order valence-corrected chi connectivity index (χ1v) is 8.04. The van der Waals surface area contributed by atoms with Crippen LogP contribution in [0.3, 0.4) is 0 Å². The van der Waals surface area contributed by atoms with E-state index < -0.39 is 0 Å². The lowest BCUT2D eigenvalue weighted by Crippen LogP contribution is -2.47. The number of halogens is 1. The standard InChI is InChI=1S/C16H24ClN3/c1-19-9-6-14(12-19)18-13-7-10-20(11-8-13)16-5-3-2-4-15(16)17/h2-5,13-14,18H,6-12H2,1H3/t14-/m0/s1. The maximum Gasteiger partial charge on any atom is 0.0639 e. The van der Waals surface area contributed by atoms with Crippen molar-refractivity contribution in [1.82, 2.24) is 10.2 Å². The first-order valence-electron chi connectivity index (χ1n) is 7.66. The molecule has 0 aliphatic carbocycles. The van der Waals surface area contributed by atoms with E-state index in [9.17, 15) is 0 Å². The molecule has 2 saturated heterocycles. The fourth-order valence-corrected chi connectivity index (χ4v) is 3.65. The summed E-state index contributed by atoms with van der Waals surface area (Å²) in [6, 6.07) is 9.54. The third-order valence-electron chi connectivity index (χ3n) is 4.55. The highest BCUT2D eigenvalue weighted by molar-refractivity contribution is 6.33. The fourth-order valence-electron chi connectivity index (χ4n) is 3.40. The number of benzene rings is 1. The molecule has 2 heterocycles. The molecule has 0 aromatic heterocycles. The Labute approximate surface area is 126 Å². The first kappa shape index (κ1) is 14.2. The summed E-state index contributed by atoms with van der Waals surface area (Å²) in [5.74, 6) is 0. The Balaban J connectivity index is 1.51. The van der Waals surface area contributed by atoms with Gasteiger partial charge in [-0.15, -0.1) is 0 Å². The number of piperidine rings is 1. The van der Waals surface area contributed by atoms with E-state index in [0.29, 0.717) is 12.1 Å². The number of anilines is 1. The highest BCUT2D eigenvalue weighted by atomic mass is 35.5. The molecule has 20 heavy (non-hydrogen) atoms. The average Bonchev–Trinajstić information content (AvgIpc) is 2.86. The molecule has 4 heteroatoms. The SMILES string of the molecule is CN1CC[C@H](NC2CCN(c3ccccc3Cl)CC2)C1. The molecule has 1 aromatic carbocycles. The zero-order valence-corrected chi connectivity index (χ0v) is 12.9. The minimum atomic E-state index is 0.672. The number of nitrogens with zero attached hydrogens (tertiary/aromatic N) is 2. The molecule has 3 rings (SSSR count). The van der Waals surface area contributed by atoms with E-state index in [-0.39, 0.29) is 0 Å². The zero-order valence-electron chi connectivity index (χ0n) is 12.2. The van der Waals surface area contributed by atoms with Crippen LogP contribution in [0.1, 0.15) is 19.3 Å². The highest BCUT2D eigenvalue weighted by Crippen LogP contribution is 2.28. The van der Waals surface area contributed by atoms with Crippen molar-refractivity contribution in [2.45, 2.75) is 31.3 Å². The van der Waals surface area contributed by atoms with Gasteiger partial charge in [-0.05, 0) is 45.0 Å². The van der Waals surface area contributed by atoms with Crippen LogP contribution in [0.25, 0.3) is 0 Å². The van der Waals surface area contributed by atoms with E-state index in [2.05, 4.69) is 34.3 Å². The fraction of sp³-hybridized carbons (Fsp3) is 0.625. The minimum absolute atomic E-state index is 0.672. The second-order valence-corrected chi connectivity index (χ2v) is 6.53. The summed E-state index contributed by atoms with van der Waals surface area (Å²) in [5, 5.41) is 4.71. The van der Waals surface area contributed by atoms with Gasteiger partial charge in [-0.2, -0.15) is 0 Å². The lowest BCUT2D eigenvalue weighted by atomic mass is 10.0. The van der Waals surface area contributed by atoms with E-state index in [1.807, 2.05) is 12.1 Å². The normalized spacial score (nSPS) is 25.3. The predicted octanol–water partition coefficient (Wildman–Crippen LogP) is 2.60. The Kier molecular flexibility index (Phi) is 4.49. The van der Waals surface area contributed by atoms with E-state index in [0.717, 1.165) is 18.1 Å². The topological polar surface area (TPSA) is 18.5 Å². The third kappa shape index (κ3) is 3.27. The Morgan fingerprint density at radius 2 is 1.75 bits per heavy atom. The van der Waals surface area contributed by atoms with Gasteiger partial charge in [0, 0.05) is 31.7 Å². The van der Waals surface area contributed by atoms with Crippen LogP contribution in [0, 0.1) is 0 Å². The number of likely N-dealkylation sites (tertiary alicyclic amines) is 1. The van der Waals surface area contributed by atoms with Crippen LogP contribution < -0.4 is 10.2 Å². The number of para-hydroxylation sites is 1. The van der Waals surface area contributed by atoms with Gasteiger partial charge < -0.3 is 15.1 Å². The molecule has 2 aliphatic heterocycles. The number of nitrogens with one attached hydrogen (secondary N) is 1. The third-order valence-corrected chi connectivity index (χ3v) is 4.87. The quantitative estimate of drug-likeness (QED) is 0.924. The summed E-state index contributed by atoms with van der Waals surface area (Å²) in [6.07, 6.45) is 3.72. The molecule has 0 amide bonds. The molecule has 0 unspecified atom stereocenters. The van der Waals surface area contributed by atoms with Gasteiger partial charge in [0.15, 0.2) is 0 Å². The molecule has 0 radical (unpaired) electrons. The minimum Gasteiger partial charge on any atom is -0.370 e. The van der Waals surface area contributed by atoms with Gasteiger partial charge in [-0.25, -0.2) is 0 Å². The zero-order chi connectivity index (χ0) is 13.9. The van der Waals surface area contributed by atoms with Crippen molar-refractivity contribution in [3.8, 4) is 0 Å². The van der Waals surface area contributed by atoms with E-state index >= 15 is 0 Å². The van der Waals surface area contributed by atoms with Crippen LogP contribution in [0.15, 0.2) is 24.3 Å². The van der Waals surface area contributed by atoms with Gasteiger partial charge in [-0.1, -0.05) is 23.7 Å². The summed E-state index contributed by atoms with van der Waals surface area (Å²) >= 11 is 6.28. The van der Waals surface area contributed by atoms with Crippen molar-refractivity contribution in [2.24, 2.45) is 0 Å². The summed E-state index contributed by atoms with van der Waals surface area (Å²) in [7, 11) is 2.21. The second-order valence-electron chi connectivity index (χ2n) is 6.13. The van der Waals surface area contributed by atoms with Gasteiger partial charge >= 0.3 is 0 Å². The maximum absolute atomic E-state index is 6.28. The van der Waals surface area contributed by atoms with Crippen LogP contribution in [0.5, 0.6) is 0 Å². The lowest BCUT2D eigenvalue weighted by molar-refractivity contribution is 0.350. The van der Waals surface area contributed by atoms with Crippen LogP contribution in [0.4, 0.5) is 5.69 Å². The molecule has 1 aromatic rings. The molecule has 2 fully saturated rings. The van der Waals surface area contributed by atoms with Crippen molar-refractivity contribution >= 4 is 17.3 Å². The molecule has 3 nitrogen and oxygen atoms in total. The smallest absolute Gasteiger partial charge is 0.0639 e. The molecule has 0 saturated carbocycles. The van der Waals surface area contributed by atoms with Crippen LogP contribution in [-0.2, 0) is 0 Å². The van der Waals surface area contributed by atoms with Crippen LogP contribution >= 0.6 is 11.6 Å². The molecule has 0 bridgehead atoms. The van der Waals surface area contributed by atoms with Crippen molar-refractivity contribution in [3.63, 3.8) is 0 Å². The van der Waals surface area contributed by atoms with Gasteiger partial charge in [0.1, 0.15) is 0 Å². The largest absolute Gasteiger partial charge is 0.370 e. The van der Waals surface area contributed by atoms with Gasteiger partial charge in [0.25, 0.3) is 0 Å². The lowest BCUT2D eigenvalue weighted by Gasteiger charge is -2.35. The summed E-state index contributed by atoms with van der Waals surface area (Å²) in [5.41, 5.74) is 1.19. The summed E-state index contributed by atoms with van der Waals surface area (Å²) in [6.45, 7) is 4.63. The molecular weight excluding hydrogens is 270 g/mol. The van der Waals surface area contributed by atoms with Crippen molar-refractivity contribution in [2.75, 3.05) is 38.1 Å². The molecule has 110 valence electrons. The molecule has 0 spiro atoms. The number of rotatable bonds is 3. The predicted molar refractivity (Wildman–Crippen MR) is 85.7 cm³/mol. The van der Waals surface area contributed by atoms with E-state index in [1.165, 1.54) is 38.0 Å². The Morgan fingerprint density at radius 3 is 2.40 bits per heavy atom. The molecule has 1 N–H and O–H groups in total. The second kappa shape index (κ2) is 6.33. The summed E-state index contributed by atoms with van der Waals surface area (Å²) in [4.78, 5) is 4.83. The van der Waals surface area contributed by atoms with E-state index in [1.54, 1.807) is 0 Å². The molecule has 1 atom stereocenters. The van der Waals surface area contributed by atoms with Crippen LogP contribution in [-0.4, -0.2) is 50.2 Å². The van der Waals surface area contributed by atoms with Crippen molar-refractivity contribution in [1.29, 1.82) is 0 Å². The first-order chi connectivity index (χ1) is 9.72. The Bertz CT molecular complexity index is 443. The number of likely N-dealkylation sites (N-methyl/N-ethyl adjacent to an activating group) is 1. The average molecular weight is 294 g/mol. The summed E-state index contributed by atoms with van der Waals surface area (Å²) < 4.78 is 0. The number of hydrogen-bond donors (Lipinski definition) is 1. The van der Waals surface area contributed by atoms with Gasteiger partial charge in [0.05, 0.1) is 10.7 Å². The van der Waals surface area contributed by atoms with E-state index in [4.69, 9.17) is 11.6 Å². The maximum atomic E-state index is 6.28. The monoisotopic (exact) mass is 293 g/mol. The van der Waals surface area contributed by atoms with Crippen LogP contribution in [0.2, 0.25) is 5.02 Å². The van der Waals surface area contributed by atoms with Crippen molar-refractivity contribution in [3.05, 3.63) is 29.3 Å². The van der Waals surface area contributed by atoms with Gasteiger partial charge in [-0.3, -0.25) is 0 Å². The molecular formula is C16H24ClN3. The van der Waals surface area contributed by atoms with Gasteiger partial charge in [0.2, 0.25) is 0 Å². The van der Waals surface area contributed by atoms with Crippen molar-refractivity contribution < 1.29 is 0 Å². The Morgan fingerprint density at radius 1 is 1.05 bits per heavy atom. The Hall–Kier alpha value is -0.770.